The Kier molecular flexibility index (Phi) is 3.79. The molecule has 6 nitrogen and oxygen atoms in total. The van der Waals surface area contributed by atoms with Gasteiger partial charge in [-0.3, -0.25) is 0 Å². The first-order chi connectivity index (χ1) is 10.1. The van der Waals surface area contributed by atoms with Crippen molar-refractivity contribution in [2.45, 2.75) is 19.4 Å². The molecular formula is C14H16ClN5O. The Hall–Kier alpha value is -2.08. The molecule has 110 valence electrons. The van der Waals surface area contributed by atoms with E-state index in [1.165, 1.54) is 0 Å². The molecule has 21 heavy (non-hydrogen) atoms. The minimum Gasteiger partial charge on any atom is -0.322 e. The molecule has 2 heterocycles. The molecule has 1 saturated heterocycles. The molecule has 3 rings (SSSR count). The second-order valence-electron chi connectivity index (χ2n) is 5.11. The lowest BCUT2D eigenvalue weighted by Crippen LogP contribution is -2.33. The number of hydrogen-bond acceptors (Lipinski definition) is 3. The zero-order valence-corrected chi connectivity index (χ0v) is 12.4. The van der Waals surface area contributed by atoms with E-state index in [0.717, 1.165) is 12.2 Å². The summed E-state index contributed by atoms with van der Waals surface area (Å²) in [4.78, 5) is 14.1. The van der Waals surface area contributed by atoms with Crippen molar-refractivity contribution in [3.05, 3.63) is 41.4 Å². The molecule has 1 aromatic carbocycles. The van der Waals surface area contributed by atoms with E-state index in [2.05, 4.69) is 15.5 Å². The lowest BCUT2D eigenvalue weighted by atomic mass is 10.2. The number of anilines is 1. The number of amides is 2. The summed E-state index contributed by atoms with van der Waals surface area (Å²) < 4.78 is 2.02. The van der Waals surface area contributed by atoms with Gasteiger partial charge in [0.25, 0.3) is 0 Å². The Morgan fingerprint density at radius 1 is 1.48 bits per heavy atom. The Labute approximate surface area is 127 Å². The fraction of sp³-hybridized carbons (Fsp3) is 0.357. The van der Waals surface area contributed by atoms with Crippen LogP contribution in [-0.2, 0) is 0 Å². The molecule has 2 aromatic rings. The van der Waals surface area contributed by atoms with Crippen molar-refractivity contribution < 1.29 is 4.79 Å². The Morgan fingerprint density at radius 3 is 3.05 bits per heavy atom. The summed E-state index contributed by atoms with van der Waals surface area (Å²) in [5.41, 5.74) is 0.705. The molecule has 1 aliphatic heterocycles. The number of halogens is 1. The number of benzene rings is 1. The average molecular weight is 306 g/mol. The maximum Gasteiger partial charge on any atom is 0.321 e. The van der Waals surface area contributed by atoms with Gasteiger partial charge in [0.1, 0.15) is 12.2 Å². The van der Waals surface area contributed by atoms with Crippen LogP contribution in [0.25, 0.3) is 0 Å². The minimum absolute atomic E-state index is 0.106. The fourth-order valence-corrected chi connectivity index (χ4v) is 2.77. The summed E-state index contributed by atoms with van der Waals surface area (Å²) in [5, 5.41) is 11.4. The molecule has 1 aliphatic rings. The van der Waals surface area contributed by atoms with Gasteiger partial charge in [0.2, 0.25) is 0 Å². The maximum absolute atomic E-state index is 12.3. The summed E-state index contributed by atoms with van der Waals surface area (Å²) in [6.07, 6.45) is 2.63. The summed E-state index contributed by atoms with van der Waals surface area (Å²) >= 11 is 5.91. The van der Waals surface area contributed by atoms with Crippen molar-refractivity contribution in [3.63, 3.8) is 0 Å². The van der Waals surface area contributed by atoms with Gasteiger partial charge in [-0.15, -0.1) is 10.2 Å². The molecule has 0 saturated carbocycles. The normalized spacial score (nSPS) is 18.0. The van der Waals surface area contributed by atoms with Crippen LogP contribution >= 0.6 is 11.6 Å². The molecule has 0 bridgehead atoms. The quantitative estimate of drug-likeness (QED) is 0.928. The largest absolute Gasteiger partial charge is 0.322 e. The first-order valence-electron chi connectivity index (χ1n) is 6.81. The highest BCUT2D eigenvalue weighted by Gasteiger charge is 2.28. The van der Waals surface area contributed by atoms with Crippen LogP contribution in [0.2, 0.25) is 5.02 Å². The molecule has 0 aliphatic carbocycles. The van der Waals surface area contributed by atoms with E-state index in [4.69, 9.17) is 11.6 Å². The van der Waals surface area contributed by atoms with Crippen LogP contribution in [0.5, 0.6) is 0 Å². The number of carbonyl (C=O) groups is 1. The van der Waals surface area contributed by atoms with E-state index in [9.17, 15) is 4.79 Å². The van der Waals surface area contributed by atoms with Gasteiger partial charge in [-0.2, -0.15) is 0 Å². The summed E-state index contributed by atoms with van der Waals surface area (Å²) in [6, 6.07) is 7.28. The summed E-state index contributed by atoms with van der Waals surface area (Å²) in [6.45, 7) is 3.29. The monoisotopic (exact) mass is 305 g/mol. The third kappa shape index (κ3) is 3.00. The number of hydrogen-bond donors (Lipinski definition) is 1. The van der Waals surface area contributed by atoms with Gasteiger partial charge in [0.05, 0.1) is 6.04 Å². The average Bonchev–Trinajstić information content (AvgIpc) is 3.07. The number of nitrogens with zero attached hydrogens (tertiary/aromatic N) is 4. The Morgan fingerprint density at radius 2 is 2.33 bits per heavy atom. The molecule has 0 radical (unpaired) electrons. The zero-order chi connectivity index (χ0) is 14.8. The summed E-state index contributed by atoms with van der Waals surface area (Å²) in [5.74, 6) is 0.872. The number of carbonyl (C=O) groups excluding carboxylic acids is 1. The van der Waals surface area contributed by atoms with Gasteiger partial charge in [0.15, 0.2) is 0 Å². The van der Waals surface area contributed by atoms with Crippen molar-refractivity contribution in [1.29, 1.82) is 0 Å². The molecule has 2 amide bonds. The van der Waals surface area contributed by atoms with E-state index >= 15 is 0 Å². The van der Waals surface area contributed by atoms with Gasteiger partial charge in [-0.05, 0) is 31.5 Å². The predicted octanol–water partition coefficient (Wildman–Crippen LogP) is 2.72. The first-order valence-corrected chi connectivity index (χ1v) is 7.19. The standard InChI is InChI=1S/C14H16ClN5O/c1-10-18-16-9-20(10)13-5-6-19(8-13)14(21)17-12-4-2-3-11(15)7-12/h2-4,7,9,13H,5-6,8H2,1H3,(H,17,21). The van der Waals surface area contributed by atoms with Gasteiger partial charge < -0.3 is 14.8 Å². The lowest BCUT2D eigenvalue weighted by molar-refractivity contribution is 0.221. The Balaban J connectivity index is 1.63. The molecule has 1 N–H and O–H groups in total. The predicted molar refractivity (Wildman–Crippen MR) is 80.5 cm³/mol. The molecular weight excluding hydrogens is 290 g/mol. The van der Waals surface area contributed by atoms with Crippen LogP contribution in [0, 0.1) is 6.92 Å². The first kappa shape index (κ1) is 13.9. The number of urea groups is 1. The van der Waals surface area contributed by atoms with Crippen molar-refractivity contribution in [2.24, 2.45) is 0 Å². The molecule has 0 spiro atoms. The van der Waals surface area contributed by atoms with Crippen molar-refractivity contribution in [1.82, 2.24) is 19.7 Å². The van der Waals surface area contributed by atoms with Gasteiger partial charge in [-0.1, -0.05) is 17.7 Å². The van der Waals surface area contributed by atoms with Gasteiger partial charge >= 0.3 is 6.03 Å². The van der Waals surface area contributed by atoms with Gasteiger partial charge in [0, 0.05) is 23.8 Å². The number of aromatic nitrogens is 3. The third-order valence-electron chi connectivity index (χ3n) is 3.67. The number of nitrogens with one attached hydrogen (secondary N) is 1. The zero-order valence-electron chi connectivity index (χ0n) is 11.7. The number of rotatable bonds is 2. The third-order valence-corrected chi connectivity index (χ3v) is 3.91. The van der Waals surface area contributed by atoms with Gasteiger partial charge in [-0.25, -0.2) is 4.79 Å². The molecule has 7 heteroatoms. The van der Waals surface area contributed by atoms with Crippen LogP contribution in [0.4, 0.5) is 10.5 Å². The highest BCUT2D eigenvalue weighted by atomic mass is 35.5. The van der Waals surface area contributed by atoms with Crippen LogP contribution in [0.15, 0.2) is 30.6 Å². The van der Waals surface area contributed by atoms with E-state index in [0.29, 0.717) is 23.8 Å². The van der Waals surface area contributed by atoms with E-state index in [1.54, 1.807) is 23.4 Å². The minimum atomic E-state index is -0.106. The summed E-state index contributed by atoms with van der Waals surface area (Å²) in [7, 11) is 0. The van der Waals surface area contributed by atoms with E-state index < -0.39 is 0 Å². The second-order valence-corrected chi connectivity index (χ2v) is 5.55. The second kappa shape index (κ2) is 5.73. The molecule has 1 fully saturated rings. The lowest BCUT2D eigenvalue weighted by Gasteiger charge is -2.18. The van der Waals surface area contributed by atoms with Crippen LogP contribution < -0.4 is 5.32 Å². The number of aryl methyl sites for hydroxylation is 1. The topological polar surface area (TPSA) is 63.1 Å². The maximum atomic E-state index is 12.3. The highest BCUT2D eigenvalue weighted by molar-refractivity contribution is 6.30. The molecule has 1 atom stereocenters. The highest BCUT2D eigenvalue weighted by Crippen LogP contribution is 2.23. The van der Waals surface area contributed by atoms with Crippen LogP contribution in [-0.4, -0.2) is 38.8 Å². The molecule has 1 aromatic heterocycles. The van der Waals surface area contributed by atoms with Crippen LogP contribution in [0.3, 0.4) is 0 Å². The number of likely N-dealkylation sites (tertiary alicyclic amines) is 1. The SMILES string of the molecule is Cc1nncn1C1CCN(C(=O)Nc2cccc(Cl)c2)C1. The fourth-order valence-electron chi connectivity index (χ4n) is 2.58. The molecule has 1 unspecified atom stereocenters. The smallest absolute Gasteiger partial charge is 0.321 e. The van der Waals surface area contributed by atoms with Crippen molar-refractivity contribution in [2.75, 3.05) is 18.4 Å². The van der Waals surface area contributed by atoms with Crippen molar-refractivity contribution >= 4 is 23.3 Å². The van der Waals surface area contributed by atoms with Crippen LogP contribution in [0.1, 0.15) is 18.3 Å². The van der Waals surface area contributed by atoms with E-state index in [-0.39, 0.29) is 12.1 Å². The van der Waals surface area contributed by atoms with E-state index in [1.807, 2.05) is 23.6 Å². The Bertz CT molecular complexity index is 656. The van der Waals surface area contributed by atoms with Crippen molar-refractivity contribution in [3.8, 4) is 0 Å².